The smallest absolute Gasteiger partial charge is 0.404 e. The molecule has 194 valence electrons. The van der Waals surface area contributed by atoms with Crippen molar-refractivity contribution in [2.45, 2.75) is 31.7 Å². The van der Waals surface area contributed by atoms with Gasteiger partial charge in [-0.2, -0.15) is 13.2 Å². The van der Waals surface area contributed by atoms with Gasteiger partial charge in [0.2, 0.25) is 21.9 Å². The molecule has 2 atom stereocenters. The average molecular weight is 547 g/mol. The monoisotopic (exact) mass is 546 g/mol. The number of benzene rings is 1. The van der Waals surface area contributed by atoms with Gasteiger partial charge in [-0.1, -0.05) is 0 Å². The maximum absolute atomic E-state index is 13.7. The molecule has 3 heterocycles. The molecule has 0 saturated carbocycles. The van der Waals surface area contributed by atoms with Crippen LogP contribution in [-0.2, 0) is 10.0 Å². The van der Waals surface area contributed by atoms with Crippen LogP contribution in [0.2, 0.25) is 0 Å². The lowest BCUT2D eigenvalue weighted by Crippen LogP contribution is -2.44. The van der Waals surface area contributed by atoms with Crippen molar-refractivity contribution in [2.24, 2.45) is 0 Å². The van der Waals surface area contributed by atoms with Crippen molar-refractivity contribution in [3.8, 4) is 22.2 Å². The molecule has 0 unspecified atom stereocenters. The summed E-state index contributed by atoms with van der Waals surface area (Å²) < 4.78 is 82.0. The van der Waals surface area contributed by atoms with Crippen LogP contribution in [0.1, 0.15) is 11.4 Å². The zero-order valence-corrected chi connectivity index (χ0v) is 20.5. The second-order valence-electron chi connectivity index (χ2n) is 8.07. The molecule has 3 aromatic rings. The highest BCUT2D eigenvalue weighted by molar-refractivity contribution is 7.92. The molecule has 0 aliphatic carbocycles. The molecular formula is C21H22F4N6O3S2. The summed E-state index contributed by atoms with van der Waals surface area (Å²) in [5.41, 5.74) is 0.491. The van der Waals surface area contributed by atoms with Gasteiger partial charge in [-0.25, -0.2) is 27.8 Å². The molecule has 0 bridgehead atoms. The van der Waals surface area contributed by atoms with Crippen LogP contribution in [-0.4, -0.2) is 60.6 Å². The van der Waals surface area contributed by atoms with Crippen molar-refractivity contribution >= 4 is 33.0 Å². The molecule has 1 aliphatic heterocycles. The standard InChI is InChI=1S/C21H22F4N6O3S2/c1-12-28-19(34-16-4-2-14(3-5-16)31-36(32,33)11-21(23,24)25)18(35-12)17-6-7-27-20(30-17)29-15-8-13(22)9-26-10-15/h2-7,13,15,26,31H,8-11H2,1H3,(H,27,29,30)/t13-,15-/m0/s1. The number of hydrogen-bond donors (Lipinski definition) is 3. The molecule has 0 spiro atoms. The molecule has 15 heteroatoms. The Bertz CT molecular complexity index is 1300. The molecule has 1 aromatic carbocycles. The minimum Gasteiger partial charge on any atom is -0.437 e. The second kappa shape index (κ2) is 10.5. The molecular weight excluding hydrogens is 524 g/mol. The molecule has 3 N–H and O–H groups in total. The Kier molecular flexibility index (Phi) is 7.61. The van der Waals surface area contributed by atoms with Gasteiger partial charge in [-0.15, -0.1) is 11.3 Å². The quantitative estimate of drug-likeness (QED) is 0.361. The number of aryl methyl sites for hydroxylation is 1. The third kappa shape index (κ3) is 7.24. The van der Waals surface area contributed by atoms with Crippen molar-refractivity contribution in [2.75, 3.05) is 28.9 Å². The van der Waals surface area contributed by atoms with E-state index in [-0.39, 0.29) is 23.4 Å². The molecule has 4 rings (SSSR count). The van der Waals surface area contributed by atoms with Crippen LogP contribution < -0.4 is 20.1 Å². The highest BCUT2D eigenvalue weighted by Gasteiger charge is 2.35. The van der Waals surface area contributed by atoms with Crippen molar-refractivity contribution in [3.63, 3.8) is 0 Å². The van der Waals surface area contributed by atoms with Crippen LogP contribution in [0.5, 0.6) is 11.6 Å². The highest BCUT2D eigenvalue weighted by atomic mass is 32.2. The Labute approximate surface area is 208 Å². The lowest BCUT2D eigenvalue weighted by molar-refractivity contribution is -0.106. The van der Waals surface area contributed by atoms with Gasteiger partial charge in [0.15, 0.2) is 5.75 Å². The molecule has 9 nitrogen and oxygen atoms in total. The fraction of sp³-hybridized carbons (Fsp3) is 0.381. The minimum absolute atomic E-state index is 0.0412. The topological polar surface area (TPSA) is 118 Å². The number of thiazole rings is 1. The van der Waals surface area contributed by atoms with Crippen LogP contribution in [0.15, 0.2) is 36.5 Å². The number of nitrogens with one attached hydrogen (secondary N) is 3. The number of ether oxygens (including phenoxy) is 1. The Morgan fingerprint density at radius 2 is 1.92 bits per heavy atom. The van der Waals surface area contributed by atoms with E-state index >= 15 is 0 Å². The Morgan fingerprint density at radius 1 is 1.17 bits per heavy atom. The van der Waals surface area contributed by atoms with Gasteiger partial charge in [0.05, 0.1) is 10.7 Å². The number of piperidine rings is 1. The number of alkyl halides is 4. The van der Waals surface area contributed by atoms with E-state index in [0.717, 1.165) is 0 Å². The number of rotatable bonds is 8. The van der Waals surface area contributed by atoms with Crippen LogP contribution in [0.4, 0.5) is 29.2 Å². The minimum atomic E-state index is -4.85. The number of nitrogens with zero attached hydrogens (tertiary/aromatic N) is 3. The third-order valence-electron chi connectivity index (χ3n) is 4.92. The highest BCUT2D eigenvalue weighted by Crippen LogP contribution is 2.37. The van der Waals surface area contributed by atoms with Crippen molar-refractivity contribution in [1.29, 1.82) is 0 Å². The van der Waals surface area contributed by atoms with Crippen molar-refractivity contribution in [3.05, 3.63) is 41.5 Å². The van der Waals surface area contributed by atoms with Gasteiger partial charge < -0.3 is 15.4 Å². The van der Waals surface area contributed by atoms with Crippen molar-refractivity contribution in [1.82, 2.24) is 20.3 Å². The zero-order valence-electron chi connectivity index (χ0n) is 18.8. The molecule has 36 heavy (non-hydrogen) atoms. The Balaban J connectivity index is 1.47. The maximum Gasteiger partial charge on any atom is 0.404 e. The summed E-state index contributed by atoms with van der Waals surface area (Å²) in [5.74, 6) is -1.12. The first-order valence-electron chi connectivity index (χ1n) is 10.7. The van der Waals surface area contributed by atoms with E-state index in [0.29, 0.717) is 41.0 Å². The van der Waals surface area contributed by atoms with Gasteiger partial charge >= 0.3 is 6.18 Å². The van der Waals surface area contributed by atoms with Gasteiger partial charge in [-0.3, -0.25) is 4.72 Å². The van der Waals surface area contributed by atoms with Crippen LogP contribution >= 0.6 is 11.3 Å². The van der Waals surface area contributed by atoms with Gasteiger partial charge in [0, 0.05) is 37.4 Å². The Morgan fingerprint density at radius 3 is 2.61 bits per heavy atom. The number of anilines is 2. The second-order valence-corrected chi connectivity index (χ2v) is 11.0. The Hall–Kier alpha value is -3.04. The summed E-state index contributed by atoms with van der Waals surface area (Å²) >= 11 is 1.33. The fourth-order valence-corrected chi connectivity index (χ4v) is 5.32. The predicted octanol–water partition coefficient (Wildman–Crippen LogP) is 4.12. The molecule has 1 aliphatic rings. The first-order valence-corrected chi connectivity index (χ1v) is 13.2. The maximum atomic E-state index is 13.7. The summed E-state index contributed by atoms with van der Waals surface area (Å²) in [6.45, 7) is 2.69. The summed E-state index contributed by atoms with van der Waals surface area (Å²) in [7, 11) is -4.59. The van der Waals surface area contributed by atoms with E-state index in [9.17, 15) is 26.0 Å². The number of halogens is 4. The molecule has 1 saturated heterocycles. The van der Waals surface area contributed by atoms with E-state index in [2.05, 4.69) is 25.6 Å². The average Bonchev–Trinajstić information content (AvgIpc) is 3.13. The van der Waals surface area contributed by atoms with E-state index in [4.69, 9.17) is 4.74 Å². The van der Waals surface area contributed by atoms with E-state index < -0.39 is 28.1 Å². The number of sulfonamides is 1. The predicted molar refractivity (Wildman–Crippen MR) is 128 cm³/mol. The molecule has 0 amide bonds. The van der Waals surface area contributed by atoms with Crippen molar-refractivity contribution < 1.29 is 30.7 Å². The normalized spacial score (nSPS) is 18.6. The summed E-state index contributed by atoms with van der Waals surface area (Å²) in [6, 6.07) is 6.90. The van der Waals surface area contributed by atoms with Crippen LogP contribution in [0.25, 0.3) is 10.6 Å². The molecule has 1 fully saturated rings. The van der Waals surface area contributed by atoms with E-state index in [1.165, 1.54) is 35.6 Å². The van der Waals surface area contributed by atoms with Crippen LogP contribution in [0, 0.1) is 6.92 Å². The SMILES string of the molecule is Cc1nc(Oc2ccc(NS(=O)(=O)CC(F)(F)F)cc2)c(-c2ccnc(N[C@@H]3CNC[C@@H](F)C3)n2)s1. The molecule has 0 radical (unpaired) electrons. The van der Waals surface area contributed by atoms with Crippen LogP contribution in [0.3, 0.4) is 0 Å². The first-order chi connectivity index (χ1) is 17.0. The van der Waals surface area contributed by atoms with Gasteiger partial charge in [0.1, 0.15) is 16.8 Å². The summed E-state index contributed by atoms with van der Waals surface area (Å²) in [6.07, 6.45) is -3.89. The summed E-state index contributed by atoms with van der Waals surface area (Å²) in [4.78, 5) is 13.7. The lowest BCUT2D eigenvalue weighted by Gasteiger charge is -2.26. The number of aromatic nitrogens is 3. The third-order valence-corrected chi connectivity index (χ3v) is 7.15. The first kappa shape index (κ1) is 26.0. The van der Waals surface area contributed by atoms with Gasteiger partial charge in [0.25, 0.3) is 0 Å². The summed E-state index contributed by atoms with van der Waals surface area (Å²) in [5, 5.41) is 6.83. The van der Waals surface area contributed by atoms with E-state index in [1.54, 1.807) is 19.2 Å². The largest absolute Gasteiger partial charge is 0.437 e. The molecule has 2 aromatic heterocycles. The van der Waals surface area contributed by atoms with E-state index in [1.807, 2.05) is 4.72 Å². The lowest BCUT2D eigenvalue weighted by atomic mass is 10.1. The fourth-order valence-electron chi connectivity index (χ4n) is 3.51. The number of hydrogen-bond acceptors (Lipinski definition) is 9. The van der Waals surface area contributed by atoms with Gasteiger partial charge in [-0.05, 0) is 37.3 Å². The zero-order chi connectivity index (χ0) is 25.9.